The van der Waals surface area contributed by atoms with Gasteiger partial charge in [-0.2, -0.15) is 0 Å². The van der Waals surface area contributed by atoms with Crippen LogP contribution in [0, 0.1) is 0 Å². The number of anilines is 3. The zero-order valence-electron chi connectivity index (χ0n) is 20.5. The maximum absolute atomic E-state index is 12.9. The molecule has 1 heterocycles. The molecule has 0 aliphatic heterocycles. The van der Waals surface area contributed by atoms with Gasteiger partial charge >= 0.3 is 0 Å². The van der Waals surface area contributed by atoms with Crippen LogP contribution in [0.25, 0.3) is 10.8 Å². The molecule has 0 atom stereocenters. The molecular formula is C29H24N4O4S. The van der Waals surface area contributed by atoms with Gasteiger partial charge in [-0.05, 0) is 64.9 Å². The van der Waals surface area contributed by atoms with Crippen molar-refractivity contribution in [3.63, 3.8) is 0 Å². The Morgan fingerprint density at radius 2 is 1.63 bits per heavy atom. The molecule has 4 aromatic carbocycles. The molecule has 2 N–H and O–H groups in total. The molecule has 0 aliphatic rings. The van der Waals surface area contributed by atoms with E-state index in [0.29, 0.717) is 34.3 Å². The summed E-state index contributed by atoms with van der Waals surface area (Å²) < 4.78 is 29.2. The fourth-order valence-electron chi connectivity index (χ4n) is 4.02. The van der Waals surface area contributed by atoms with E-state index in [1.807, 2.05) is 60.7 Å². The van der Waals surface area contributed by atoms with Gasteiger partial charge in [0.25, 0.3) is 5.91 Å². The number of sulfone groups is 1. The van der Waals surface area contributed by atoms with E-state index >= 15 is 0 Å². The largest absolute Gasteiger partial charge is 0.439 e. The summed E-state index contributed by atoms with van der Waals surface area (Å²) in [7, 11) is -3.14. The maximum Gasteiger partial charge on any atom is 0.256 e. The Morgan fingerprint density at radius 1 is 0.842 bits per heavy atom. The quantitative estimate of drug-likeness (QED) is 0.258. The van der Waals surface area contributed by atoms with Gasteiger partial charge in [-0.15, -0.1) is 0 Å². The molecule has 0 aliphatic carbocycles. The smallest absolute Gasteiger partial charge is 0.256 e. The first-order valence-corrected chi connectivity index (χ1v) is 13.8. The Labute approximate surface area is 220 Å². The number of rotatable bonds is 8. The number of fused-ring (bicyclic) bond motifs is 1. The van der Waals surface area contributed by atoms with Crippen molar-refractivity contribution >= 4 is 43.7 Å². The summed E-state index contributed by atoms with van der Waals surface area (Å²) in [4.78, 5) is 21.3. The second-order valence-corrected chi connectivity index (χ2v) is 10.9. The highest BCUT2D eigenvalue weighted by atomic mass is 32.2. The van der Waals surface area contributed by atoms with Crippen molar-refractivity contribution in [2.45, 2.75) is 5.75 Å². The molecule has 1 amide bonds. The number of carbonyl (C=O) groups excluding carboxylic acids is 1. The van der Waals surface area contributed by atoms with Gasteiger partial charge in [0.15, 0.2) is 9.84 Å². The average Bonchev–Trinajstić information content (AvgIpc) is 2.88. The molecule has 0 bridgehead atoms. The van der Waals surface area contributed by atoms with E-state index in [0.717, 1.165) is 16.5 Å². The SMILES string of the molecule is CS(=O)(=O)Cc1cccc(Nc2cc(Oc3ccc4c(C(=O)Nc5ccccc5)cccc4c3)ncn2)c1. The van der Waals surface area contributed by atoms with Crippen molar-refractivity contribution in [3.05, 3.63) is 115 Å². The lowest BCUT2D eigenvalue weighted by Crippen LogP contribution is -2.12. The van der Waals surface area contributed by atoms with Gasteiger partial charge in [-0.1, -0.05) is 42.5 Å². The summed E-state index contributed by atoms with van der Waals surface area (Å²) in [6.07, 6.45) is 2.58. The predicted molar refractivity (Wildman–Crippen MR) is 149 cm³/mol. The van der Waals surface area contributed by atoms with E-state index in [-0.39, 0.29) is 11.7 Å². The molecule has 0 radical (unpaired) electrons. The molecule has 5 aromatic rings. The monoisotopic (exact) mass is 524 g/mol. The van der Waals surface area contributed by atoms with Crippen molar-refractivity contribution in [3.8, 4) is 11.6 Å². The predicted octanol–water partition coefficient (Wildman–Crippen LogP) is 5.96. The topological polar surface area (TPSA) is 110 Å². The van der Waals surface area contributed by atoms with Crippen LogP contribution in [0.2, 0.25) is 0 Å². The van der Waals surface area contributed by atoms with Gasteiger partial charge < -0.3 is 15.4 Å². The molecule has 9 heteroatoms. The second kappa shape index (κ2) is 10.7. The van der Waals surface area contributed by atoms with E-state index < -0.39 is 9.84 Å². The molecule has 0 fully saturated rings. The summed E-state index contributed by atoms with van der Waals surface area (Å²) in [6, 6.07) is 29.1. The van der Waals surface area contributed by atoms with Crippen molar-refractivity contribution < 1.29 is 17.9 Å². The number of aromatic nitrogens is 2. The standard InChI is InChI=1S/C29H24N4O4S/c1-38(35,36)18-20-7-5-11-23(15-20)32-27-17-28(31-19-30-27)37-24-13-14-25-21(16-24)8-6-12-26(25)29(34)33-22-9-3-2-4-10-22/h2-17,19H,18H2,1H3,(H,33,34)(H,30,31,32). The average molecular weight is 525 g/mol. The molecule has 0 spiro atoms. The third kappa shape index (κ3) is 6.32. The number of para-hydroxylation sites is 1. The lowest BCUT2D eigenvalue weighted by Gasteiger charge is -2.11. The first-order valence-electron chi connectivity index (χ1n) is 11.8. The molecule has 1 aromatic heterocycles. The first kappa shape index (κ1) is 24.9. The zero-order chi connectivity index (χ0) is 26.5. The van der Waals surface area contributed by atoms with E-state index in [4.69, 9.17) is 4.74 Å². The molecule has 0 saturated carbocycles. The number of ether oxygens (including phenoxy) is 1. The Bertz CT molecular complexity index is 1720. The lowest BCUT2D eigenvalue weighted by atomic mass is 10.0. The summed E-state index contributed by atoms with van der Waals surface area (Å²) >= 11 is 0. The molecule has 0 saturated heterocycles. The van der Waals surface area contributed by atoms with Gasteiger partial charge in [0.1, 0.15) is 17.9 Å². The normalized spacial score (nSPS) is 11.2. The van der Waals surface area contributed by atoms with Gasteiger partial charge in [-0.25, -0.2) is 18.4 Å². The van der Waals surface area contributed by atoms with E-state index in [2.05, 4.69) is 20.6 Å². The number of benzene rings is 4. The number of nitrogens with one attached hydrogen (secondary N) is 2. The number of hydrogen-bond donors (Lipinski definition) is 2. The summed E-state index contributed by atoms with van der Waals surface area (Å²) in [5.41, 5.74) is 2.66. The van der Waals surface area contributed by atoms with Crippen LogP contribution in [-0.2, 0) is 15.6 Å². The van der Waals surface area contributed by atoms with E-state index in [1.54, 1.807) is 36.4 Å². The molecule has 190 valence electrons. The van der Waals surface area contributed by atoms with Crippen LogP contribution in [0.3, 0.4) is 0 Å². The van der Waals surface area contributed by atoms with Crippen LogP contribution in [0.4, 0.5) is 17.2 Å². The number of nitrogens with zero attached hydrogens (tertiary/aromatic N) is 2. The van der Waals surface area contributed by atoms with E-state index in [9.17, 15) is 13.2 Å². The van der Waals surface area contributed by atoms with Crippen LogP contribution in [0.5, 0.6) is 11.6 Å². The number of hydrogen-bond acceptors (Lipinski definition) is 7. The molecule has 0 unspecified atom stereocenters. The minimum Gasteiger partial charge on any atom is -0.439 e. The summed E-state index contributed by atoms with van der Waals surface area (Å²) in [5.74, 6) is 1.14. The van der Waals surface area contributed by atoms with Crippen molar-refractivity contribution in [1.29, 1.82) is 0 Å². The maximum atomic E-state index is 12.9. The molecule has 8 nitrogen and oxygen atoms in total. The fourth-order valence-corrected chi connectivity index (χ4v) is 4.80. The summed E-state index contributed by atoms with van der Waals surface area (Å²) in [6.45, 7) is 0. The molecule has 5 rings (SSSR count). The Hall–Kier alpha value is -4.76. The third-order valence-electron chi connectivity index (χ3n) is 5.62. The molecule has 38 heavy (non-hydrogen) atoms. The van der Waals surface area contributed by atoms with Gasteiger partial charge in [-0.3, -0.25) is 4.79 Å². The highest BCUT2D eigenvalue weighted by molar-refractivity contribution is 7.89. The second-order valence-electron chi connectivity index (χ2n) is 8.75. The number of carbonyl (C=O) groups is 1. The first-order chi connectivity index (χ1) is 18.3. The summed E-state index contributed by atoms with van der Waals surface area (Å²) in [5, 5.41) is 7.72. The third-order valence-corrected chi connectivity index (χ3v) is 6.48. The van der Waals surface area contributed by atoms with Crippen LogP contribution in [-0.4, -0.2) is 30.5 Å². The van der Waals surface area contributed by atoms with E-state index in [1.165, 1.54) is 12.6 Å². The fraction of sp³-hybridized carbons (Fsp3) is 0.0690. The molecular weight excluding hydrogens is 500 g/mol. The minimum atomic E-state index is -3.14. The van der Waals surface area contributed by atoms with Crippen LogP contribution in [0.15, 0.2) is 103 Å². The highest BCUT2D eigenvalue weighted by Gasteiger charge is 2.12. The van der Waals surface area contributed by atoms with Crippen molar-refractivity contribution in [2.24, 2.45) is 0 Å². The zero-order valence-corrected chi connectivity index (χ0v) is 21.3. The van der Waals surface area contributed by atoms with Gasteiger partial charge in [0.2, 0.25) is 5.88 Å². The Kier molecular flexibility index (Phi) is 7.01. The van der Waals surface area contributed by atoms with Gasteiger partial charge in [0.05, 0.1) is 5.75 Å². The highest BCUT2D eigenvalue weighted by Crippen LogP contribution is 2.28. The van der Waals surface area contributed by atoms with Crippen molar-refractivity contribution in [2.75, 3.05) is 16.9 Å². The Balaban J connectivity index is 1.32. The van der Waals surface area contributed by atoms with Crippen LogP contribution >= 0.6 is 0 Å². The lowest BCUT2D eigenvalue weighted by molar-refractivity contribution is 0.102. The van der Waals surface area contributed by atoms with Gasteiger partial charge in [0, 0.05) is 29.3 Å². The van der Waals surface area contributed by atoms with Crippen LogP contribution < -0.4 is 15.4 Å². The van der Waals surface area contributed by atoms with Crippen LogP contribution in [0.1, 0.15) is 15.9 Å². The number of amides is 1. The van der Waals surface area contributed by atoms with Crippen molar-refractivity contribution in [1.82, 2.24) is 9.97 Å². The minimum absolute atomic E-state index is 0.0434. The Morgan fingerprint density at radius 3 is 2.45 bits per heavy atom.